The molecule has 0 aromatic heterocycles. The fraction of sp³-hybridized carbons (Fsp3) is 0.300. The Morgan fingerprint density at radius 1 is 1.38 bits per heavy atom. The number of carbonyl (C=O) groups is 1. The number of nitrogens with two attached hydrogens (primary N) is 1. The molecule has 4 N–H and O–H groups in total. The Morgan fingerprint density at radius 2 is 1.94 bits per heavy atom. The summed E-state index contributed by atoms with van der Waals surface area (Å²) in [5.74, 6) is 0. The predicted octanol–water partition coefficient (Wildman–Crippen LogP) is 2.46. The lowest BCUT2D eigenvalue weighted by molar-refractivity contribution is 0.249. The van der Waals surface area contributed by atoms with Crippen molar-refractivity contribution < 1.29 is 4.79 Å². The molecule has 0 heterocycles. The lowest BCUT2D eigenvalue weighted by atomic mass is 10.3. The predicted molar refractivity (Wildman–Crippen MR) is 67.1 cm³/mol. The Morgan fingerprint density at radius 3 is 2.44 bits per heavy atom. The van der Waals surface area contributed by atoms with E-state index in [0.717, 1.165) is 0 Å². The lowest BCUT2D eigenvalue weighted by Crippen LogP contribution is -2.40. The van der Waals surface area contributed by atoms with Crippen molar-refractivity contribution in [3.05, 3.63) is 28.2 Å². The molecule has 0 fully saturated rings. The van der Waals surface area contributed by atoms with Gasteiger partial charge in [-0.15, -0.1) is 0 Å². The Balaban J connectivity index is 2.62. The third-order valence-electron chi connectivity index (χ3n) is 1.85. The molecule has 0 aliphatic heterocycles. The van der Waals surface area contributed by atoms with Crippen LogP contribution in [-0.4, -0.2) is 18.6 Å². The van der Waals surface area contributed by atoms with Gasteiger partial charge >= 0.3 is 6.03 Å². The van der Waals surface area contributed by atoms with E-state index >= 15 is 0 Å². The minimum atomic E-state index is -0.337. The summed E-state index contributed by atoms with van der Waals surface area (Å²) < 4.78 is 0. The van der Waals surface area contributed by atoms with E-state index in [0.29, 0.717) is 22.3 Å². The molecule has 1 atom stereocenters. The normalized spacial score (nSPS) is 12.0. The molecule has 4 nitrogen and oxygen atoms in total. The van der Waals surface area contributed by atoms with E-state index in [1.807, 2.05) is 6.92 Å². The summed E-state index contributed by atoms with van der Waals surface area (Å²) >= 11 is 11.6. The fourth-order valence-corrected chi connectivity index (χ4v) is 1.60. The number of benzene rings is 1. The van der Waals surface area contributed by atoms with Crippen LogP contribution >= 0.6 is 23.2 Å². The maximum atomic E-state index is 11.4. The smallest absolute Gasteiger partial charge is 0.319 e. The van der Waals surface area contributed by atoms with Crippen LogP contribution in [0.15, 0.2) is 18.2 Å². The number of halogens is 2. The molecule has 0 bridgehead atoms. The molecular formula is C10H13Cl2N3O. The van der Waals surface area contributed by atoms with Crippen molar-refractivity contribution in [2.24, 2.45) is 5.73 Å². The SMILES string of the molecule is C[C@H](CN)NC(=O)Nc1cc(Cl)cc(Cl)c1. The summed E-state index contributed by atoms with van der Waals surface area (Å²) in [6.45, 7) is 2.19. The van der Waals surface area contributed by atoms with Gasteiger partial charge in [0.15, 0.2) is 0 Å². The third-order valence-corrected chi connectivity index (χ3v) is 2.29. The highest BCUT2D eigenvalue weighted by Gasteiger charge is 2.06. The number of anilines is 1. The molecule has 0 spiro atoms. The van der Waals surface area contributed by atoms with Crippen molar-refractivity contribution in [1.82, 2.24) is 5.32 Å². The van der Waals surface area contributed by atoms with E-state index in [9.17, 15) is 4.79 Å². The third kappa shape index (κ3) is 4.26. The van der Waals surface area contributed by atoms with Gasteiger partial charge in [-0.2, -0.15) is 0 Å². The zero-order chi connectivity index (χ0) is 12.1. The van der Waals surface area contributed by atoms with Gasteiger partial charge in [0.05, 0.1) is 0 Å². The van der Waals surface area contributed by atoms with Crippen LogP contribution in [0, 0.1) is 0 Å². The van der Waals surface area contributed by atoms with Crippen molar-refractivity contribution in [2.75, 3.05) is 11.9 Å². The minimum absolute atomic E-state index is 0.0883. The van der Waals surface area contributed by atoms with Crippen LogP contribution in [0.4, 0.5) is 10.5 Å². The summed E-state index contributed by atoms with van der Waals surface area (Å²) in [6, 6.07) is 4.39. The standard InChI is InChI=1S/C10H13Cl2N3O/c1-6(5-13)14-10(16)15-9-3-7(11)2-8(12)4-9/h2-4,6H,5,13H2,1H3,(H2,14,15,16)/t6-/m1/s1. The molecule has 0 aliphatic rings. The first-order valence-electron chi connectivity index (χ1n) is 4.75. The quantitative estimate of drug-likeness (QED) is 0.783. The van der Waals surface area contributed by atoms with Crippen molar-refractivity contribution in [2.45, 2.75) is 13.0 Å². The fourth-order valence-electron chi connectivity index (χ4n) is 1.08. The summed E-state index contributed by atoms with van der Waals surface area (Å²) in [6.07, 6.45) is 0. The molecule has 1 rings (SSSR count). The van der Waals surface area contributed by atoms with Crippen LogP contribution in [0.2, 0.25) is 10.0 Å². The topological polar surface area (TPSA) is 67.1 Å². The number of hydrogen-bond acceptors (Lipinski definition) is 2. The average Bonchev–Trinajstić information content (AvgIpc) is 2.15. The molecule has 16 heavy (non-hydrogen) atoms. The highest BCUT2D eigenvalue weighted by molar-refractivity contribution is 6.35. The number of nitrogens with one attached hydrogen (secondary N) is 2. The van der Waals surface area contributed by atoms with Crippen LogP contribution in [0.3, 0.4) is 0 Å². The zero-order valence-electron chi connectivity index (χ0n) is 8.76. The van der Waals surface area contributed by atoms with E-state index in [-0.39, 0.29) is 12.1 Å². The average molecular weight is 262 g/mol. The summed E-state index contributed by atoms with van der Waals surface area (Å²) in [4.78, 5) is 11.4. The van der Waals surface area contributed by atoms with Crippen LogP contribution in [-0.2, 0) is 0 Å². The Bertz CT molecular complexity index is 364. The molecule has 1 aromatic rings. The molecule has 0 unspecified atom stereocenters. The Labute approximate surface area is 104 Å². The summed E-state index contributed by atoms with van der Waals surface area (Å²) in [7, 11) is 0. The van der Waals surface area contributed by atoms with Crippen molar-refractivity contribution in [3.63, 3.8) is 0 Å². The van der Waals surface area contributed by atoms with Gasteiger partial charge in [0.1, 0.15) is 0 Å². The second kappa shape index (κ2) is 5.94. The molecule has 0 aliphatic carbocycles. The first-order valence-corrected chi connectivity index (χ1v) is 5.50. The van der Waals surface area contributed by atoms with Gasteiger partial charge in [-0.25, -0.2) is 4.79 Å². The van der Waals surface area contributed by atoms with Gasteiger partial charge < -0.3 is 16.4 Å². The number of carbonyl (C=O) groups excluding carboxylic acids is 1. The van der Waals surface area contributed by atoms with Gasteiger partial charge in [0.2, 0.25) is 0 Å². The maximum absolute atomic E-state index is 11.4. The second-order valence-electron chi connectivity index (χ2n) is 3.39. The van der Waals surface area contributed by atoms with Crippen molar-refractivity contribution >= 4 is 34.9 Å². The van der Waals surface area contributed by atoms with Crippen LogP contribution < -0.4 is 16.4 Å². The van der Waals surface area contributed by atoms with Gasteiger partial charge in [-0.1, -0.05) is 23.2 Å². The molecule has 6 heteroatoms. The van der Waals surface area contributed by atoms with Crippen LogP contribution in [0.25, 0.3) is 0 Å². The summed E-state index contributed by atoms with van der Waals surface area (Å²) in [5.41, 5.74) is 5.92. The monoisotopic (exact) mass is 261 g/mol. The molecule has 0 radical (unpaired) electrons. The Kier molecular flexibility index (Phi) is 4.86. The highest BCUT2D eigenvalue weighted by atomic mass is 35.5. The van der Waals surface area contributed by atoms with Crippen molar-refractivity contribution in [3.8, 4) is 0 Å². The van der Waals surface area contributed by atoms with Crippen molar-refractivity contribution in [1.29, 1.82) is 0 Å². The van der Waals surface area contributed by atoms with Crippen LogP contribution in [0.5, 0.6) is 0 Å². The zero-order valence-corrected chi connectivity index (χ0v) is 10.3. The second-order valence-corrected chi connectivity index (χ2v) is 4.27. The van der Waals surface area contributed by atoms with Gasteiger partial charge in [0, 0.05) is 28.3 Å². The minimum Gasteiger partial charge on any atom is -0.334 e. The molecule has 88 valence electrons. The Hall–Kier alpha value is -0.970. The van der Waals surface area contributed by atoms with Gasteiger partial charge in [-0.05, 0) is 25.1 Å². The lowest BCUT2D eigenvalue weighted by Gasteiger charge is -2.12. The van der Waals surface area contributed by atoms with E-state index in [4.69, 9.17) is 28.9 Å². The largest absolute Gasteiger partial charge is 0.334 e. The number of amides is 2. The van der Waals surface area contributed by atoms with E-state index in [1.54, 1.807) is 18.2 Å². The molecular weight excluding hydrogens is 249 g/mol. The van der Waals surface area contributed by atoms with E-state index in [2.05, 4.69) is 10.6 Å². The van der Waals surface area contributed by atoms with Crippen LogP contribution in [0.1, 0.15) is 6.92 Å². The highest BCUT2D eigenvalue weighted by Crippen LogP contribution is 2.22. The van der Waals surface area contributed by atoms with Gasteiger partial charge in [0.25, 0.3) is 0 Å². The molecule has 0 saturated heterocycles. The van der Waals surface area contributed by atoms with E-state index < -0.39 is 0 Å². The van der Waals surface area contributed by atoms with E-state index in [1.165, 1.54) is 0 Å². The number of urea groups is 1. The maximum Gasteiger partial charge on any atom is 0.319 e. The number of hydrogen-bond donors (Lipinski definition) is 3. The van der Waals surface area contributed by atoms with Gasteiger partial charge in [-0.3, -0.25) is 0 Å². The molecule has 2 amide bonds. The first-order chi connectivity index (χ1) is 7.51. The number of rotatable bonds is 3. The molecule has 0 saturated carbocycles. The first kappa shape index (κ1) is 13.1. The summed E-state index contributed by atoms with van der Waals surface area (Å²) in [5, 5.41) is 6.20. The molecule has 1 aromatic carbocycles.